The Morgan fingerprint density at radius 1 is 1.57 bits per heavy atom. The summed E-state index contributed by atoms with van der Waals surface area (Å²) in [6.07, 6.45) is 0.843. The van der Waals surface area contributed by atoms with E-state index in [-0.39, 0.29) is 6.04 Å². The zero-order chi connectivity index (χ0) is 10.6. The van der Waals surface area contributed by atoms with Crippen molar-refractivity contribution in [3.63, 3.8) is 0 Å². The van der Waals surface area contributed by atoms with Crippen molar-refractivity contribution in [3.05, 3.63) is 28.2 Å². The van der Waals surface area contributed by atoms with Crippen LogP contribution in [0.1, 0.15) is 18.0 Å². The third kappa shape index (κ3) is 2.90. The fourth-order valence-corrected chi connectivity index (χ4v) is 1.95. The SMILES string of the molecule is COc1ccc(Br)cc1C(N)CCS. The maximum Gasteiger partial charge on any atom is 0.123 e. The van der Waals surface area contributed by atoms with Crippen LogP contribution in [0.15, 0.2) is 22.7 Å². The first kappa shape index (κ1) is 11.9. The fraction of sp³-hybridized carbons (Fsp3) is 0.400. The first-order valence-electron chi connectivity index (χ1n) is 4.39. The van der Waals surface area contributed by atoms with Crippen molar-refractivity contribution in [1.82, 2.24) is 0 Å². The standard InChI is InChI=1S/C10H14BrNOS/c1-13-10-3-2-7(11)6-8(10)9(12)4-5-14/h2-3,6,9,14H,4-5,12H2,1H3. The zero-order valence-electron chi connectivity index (χ0n) is 8.03. The van der Waals surface area contributed by atoms with E-state index in [9.17, 15) is 0 Å². The minimum absolute atomic E-state index is 0.0139. The summed E-state index contributed by atoms with van der Waals surface area (Å²) in [4.78, 5) is 0. The van der Waals surface area contributed by atoms with E-state index in [0.29, 0.717) is 0 Å². The molecular formula is C10H14BrNOS. The lowest BCUT2D eigenvalue weighted by Crippen LogP contribution is -2.12. The van der Waals surface area contributed by atoms with E-state index in [0.717, 1.165) is 28.0 Å². The molecule has 1 aromatic carbocycles. The van der Waals surface area contributed by atoms with E-state index in [1.54, 1.807) is 7.11 Å². The monoisotopic (exact) mass is 275 g/mol. The van der Waals surface area contributed by atoms with Gasteiger partial charge in [0.1, 0.15) is 5.75 Å². The van der Waals surface area contributed by atoms with Crippen molar-refractivity contribution in [2.75, 3.05) is 12.9 Å². The van der Waals surface area contributed by atoms with Gasteiger partial charge < -0.3 is 10.5 Å². The van der Waals surface area contributed by atoms with Crippen LogP contribution in [-0.4, -0.2) is 12.9 Å². The second kappa shape index (κ2) is 5.63. The molecule has 0 aromatic heterocycles. The summed E-state index contributed by atoms with van der Waals surface area (Å²) in [5.74, 6) is 1.61. The fourth-order valence-electron chi connectivity index (χ4n) is 1.29. The Morgan fingerprint density at radius 2 is 2.29 bits per heavy atom. The molecule has 1 atom stereocenters. The molecule has 2 N–H and O–H groups in total. The van der Waals surface area contributed by atoms with Gasteiger partial charge in [-0.1, -0.05) is 15.9 Å². The molecule has 0 aliphatic rings. The van der Waals surface area contributed by atoms with Crippen molar-refractivity contribution in [2.45, 2.75) is 12.5 Å². The highest BCUT2D eigenvalue weighted by molar-refractivity contribution is 9.10. The number of nitrogens with two attached hydrogens (primary N) is 1. The molecule has 0 heterocycles. The number of thiol groups is 1. The van der Waals surface area contributed by atoms with E-state index in [4.69, 9.17) is 10.5 Å². The van der Waals surface area contributed by atoms with Crippen molar-refractivity contribution in [3.8, 4) is 5.75 Å². The van der Waals surface area contributed by atoms with E-state index in [1.165, 1.54) is 0 Å². The third-order valence-corrected chi connectivity index (χ3v) is 2.78. The van der Waals surface area contributed by atoms with E-state index in [2.05, 4.69) is 28.6 Å². The lowest BCUT2D eigenvalue weighted by atomic mass is 10.0. The van der Waals surface area contributed by atoms with Gasteiger partial charge in [-0.3, -0.25) is 0 Å². The predicted octanol–water partition coefficient (Wildman–Crippen LogP) is 2.78. The minimum atomic E-state index is -0.0139. The molecule has 0 aliphatic carbocycles. The highest BCUT2D eigenvalue weighted by Gasteiger charge is 2.11. The van der Waals surface area contributed by atoms with Crippen LogP contribution >= 0.6 is 28.6 Å². The second-order valence-electron chi connectivity index (χ2n) is 3.01. The smallest absolute Gasteiger partial charge is 0.123 e. The average Bonchev–Trinajstić information content (AvgIpc) is 2.18. The maximum atomic E-state index is 6.00. The zero-order valence-corrected chi connectivity index (χ0v) is 10.5. The maximum absolute atomic E-state index is 6.00. The van der Waals surface area contributed by atoms with Gasteiger partial charge in [-0.25, -0.2) is 0 Å². The molecule has 14 heavy (non-hydrogen) atoms. The summed E-state index contributed by atoms with van der Waals surface area (Å²) in [5, 5.41) is 0. The van der Waals surface area contributed by atoms with Crippen molar-refractivity contribution in [1.29, 1.82) is 0 Å². The van der Waals surface area contributed by atoms with Crippen LogP contribution in [0.5, 0.6) is 5.75 Å². The van der Waals surface area contributed by atoms with Crippen LogP contribution in [0.3, 0.4) is 0 Å². The summed E-state index contributed by atoms with van der Waals surface area (Å²) >= 11 is 7.58. The number of hydrogen-bond donors (Lipinski definition) is 2. The van der Waals surface area contributed by atoms with Gasteiger partial charge in [0.2, 0.25) is 0 Å². The number of benzene rings is 1. The Bertz CT molecular complexity index is 306. The van der Waals surface area contributed by atoms with Gasteiger partial charge in [0.25, 0.3) is 0 Å². The van der Waals surface area contributed by atoms with Crippen LogP contribution in [0.4, 0.5) is 0 Å². The number of ether oxygens (including phenoxy) is 1. The topological polar surface area (TPSA) is 35.2 Å². The Kier molecular flexibility index (Phi) is 4.78. The van der Waals surface area contributed by atoms with Crippen LogP contribution in [0.25, 0.3) is 0 Å². The van der Waals surface area contributed by atoms with Gasteiger partial charge in [-0.05, 0) is 30.4 Å². The lowest BCUT2D eigenvalue weighted by molar-refractivity contribution is 0.405. The first-order valence-corrected chi connectivity index (χ1v) is 5.81. The van der Waals surface area contributed by atoms with Gasteiger partial charge in [0.15, 0.2) is 0 Å². The molecule has 0 bridgehead atoms. The molecule has 2 nitrogen and oxygen atoms in total. The number of methoxy groups -OCH3 is 1. The van der Waals surface area contributed by atoms with Gasteiger partial charge >= 0.3 is 0 Å². The van der Waals surface area contributed by atoms with E-state index < -0.39 is 0 Å². The largest absolute Gasteiger partial charge is 0.496 e. The molecule has 1 rings (SSSR count). The molecule has 0 radical (unpaired) electrons. The summed E-state index contributed by atoms with van der Waals surface area (Å²) in [5.41, 5.74) is 7.03. The van der Waals surface area contributed by atoms with Crippen molar-refractivity contribution in [2.24, 2.45) is 5.73 Å². The molecule has 0 amide bonds. The molecule has 0 aliphatic heterocycles. The van der Waals surface area contributed by atoms with Crippen molar-refractivity contribution < 1.29 is 4.74 Å². The third-order valence-electron chi connectivity index (χ3n) is 2.03. The quantitative estimate of drug-likeness (QED) is 0.829. The Balaban J connectivity index is 2.97. The van der Waals surface area contributed by atoms with Gasteiger partial charge in [0.05, 0.1) is 7.11 Å². The predicted molar refractivity (Wildman–Crippen MR) is 66.1 cm³/mol. The van der Waals surface area contributed by atoms with Crippen LogP contribution in [0.2, 0.25) is 0 Å². The van der Waals surface area contributed by atoms with Crippen LogP contribution in [-0.2, 0) is 0 Å². The summed E-state index contributed by atoms with van der Waals surface area (Å²) in [7, 11) is 1.65. The summed E-state index contributed by atoms with van der Waals surface area (Å²) in [6.45, 7) is 0. The molecule has 0 saturated carbocycles. The molecule has 4 heteroatoms. The average molecular weight is 276 g/mol. The van der Waals surface area contributed by atoms with E-state index >= 15 is 0 Å². The Labute approximate surface area is 98.4 Å². The highest BCUT2D eigenvalue weighted by atomic mass is 79.9. The molecule has 0 spiro atoms. The van der Waals surface area contributed by atoms with Crippen LogP contribution < -0.4 is 10.5 Å². The molecule has 1 unspecified atom stereocenters. The number of halogens is 1. The van der Waals surface area contributed by atoms with Crippen molar-refractivity contribution >= 4 is 28.6 Å². The number of hydrogen-bond acceptors (Lipinski definition) is 3. The molecule has 0 fully saturated rings. The van der Waals surface area contributed by atoms with E-state index in [1.807, 2.05) is 18.2 Å². The van der Waals surface area contributed by atoms with Gasteiger partial charge in [0, 0.05) is 16.1 Å². The molecule has 0 saturated heterocycles. The molecular weight excluding hydrogens is 262 g/mol. The molecule has 1 aromatic rings. The first-order chi connectivity index (χ1) is 6.69. The number of rotatable bonds is 4. The molecule has 78 valence electrons. The van der Waals surface area contributed by atoms with Crippen LogP contribution in [0, 0.1) is 0 Å². The second-order valence-corrected chi connectivity index (χ2v) is 4.37. The highest BCUT2D eigenvalue weighted by Crippen LogP contribution is 2.28. The summed E-state index contributed by atoms with van der Waals surface area (Å²) in [6, 6.07) is 5.83. The summed E-state index contributed by atoms with van der Waals surface area (Å²) < 4.78 is 6.26. The lowest BCUT2D eigenvalue weighted by Gasteiger charge is -2.15. The van der Waals surface area contributed by atoms with Gasteiger partial charge in [-0.2, -0.15) is 12.6 Å². The normalized spacial score (nSPS) is 12.6. The minimum Gasteiger partial charge on any atom is -0.496 e. The van der Waals surface area contributed by atoms with Gasteiger partial charge in [-0.15, -0.1) is 0 Å². The Morgan fingerprint density at radius 3 is 2.86 bits per heavy atom. The Hall–Kier alpha value is -0.190.